The average Bonchev–Trinajstić information content (AvgIpc) is 2.28. The molecule has 1 amide bonds. The fourth-order valence-electron chi connectivity index (χ4n) is 1.48. The molecule has 0 radical (unpaired) electrons. The largest absolute Gasteiger partial charge is 0.396 e. The summed E-state index contributed by atoms with van der Waals surface area (Å²) >= 11 is 0. The standard InChI is InChI=1S/C13H19NO2/c1-10-6-7-12(9-11(10)2)14(3)13(16)5-4-8-15/h6-7,9,15H,4-5,8H2,1-3H3. The molecular weight excluding hydrogens is 202 g/mol. The lowest BCUT2D eigenvalue weighted by molar-refractivity contribution is -0.118. The minimum atomic E-state index is 0.0392. The van der Waals surface area contributed by atoms with E-state index >= 15 is 0 Å². The molecule has 0 atom stereocenters. The van der Waals surface area contributed by atoms with Crippen LogP contribution in [0.3, 0.4) is 0 Å². The van der Waals surface area contributed by atoms with Crippen LogP contribution in [0.1, 0.15) is 24.0 Å². The van der Waals surface area contributed by atoms with E-state index in [2.05, 4.69) is 0 Å². The van der Waals surface area contributed by atoms with Gasteiger partial charge in [0.1, 0.15) is 0 Å². The quantitative estimate of drug-likeness (QED) is 0.845. The molecule has 0 unspecified atom stereocenters. The normalized spacial score (nSPS) is 10.2. The number of nitrogens with zero attached hydrogens (tertiary/aromatic N) is 1. The van der Waals surface area contributed by atoms with Crippen molar-refractivity contribution in [3.8, 4) is 0 Å². The lowest BCUT2D eigenvalue weighted by Crippen LogP contribution is -2.26. The van der Waals surface area contributed by atoms with E-state index in [9.17, 15) is 4.79 Å². The molecule has 1 aromatic rings. The summed E-state index contributed by atoms with van der Waals surface area (Å²) < 4.78 is 0. The molecule has 0 heterocycles. The van der Waals surface area contributed by atoms with Crippen molar-refractivity contribution in [3.05, 3.63) is 29.3 Å². The number of aliphatic hydroxyl groups is 1. The maximum Gasteiger partial charge on any atom is 0.226 e. The summed E-state index contributed by atoms with van der Waals surface area (Å²) in [4.78, 5) is 13.4. The second-order valence-corrected chi connectivity index (χ2v) is 4.05. The highest BCUT2D eigenvalue weighted by Crippen LogP contribution is 2.18. The molecule has 88 valence electrons. The van der Waals surface area contributed by atoms with Gasteiger partial charge in [-0.1, -0.05) is 6.07 Å². The van der Waals surface area contributed by atoms with Crippen LogP contribution >= 0.6 is 0 Å². The van der Waals surface area contributed by atoms with Crippen molar-refractivity contribution >= 4 is 11.6 Å². The summed E-state index contributed by atoms with van der Waals surface area (Å²) in [6, 6.07) is 5.96. The van der Waals surface area contributed by atoms with Gasteiger partial charge in [-0.2, -0.15) is 0 Å². The molecule has 3 heteroatoms. The van der Waals surface area contributed by atoms with Crippen LogP contribution in [0.4, 0.5) is 5.69 Å². The summed E-state index contributed by atoms with van der Waals surface area (Å²) in [6.07, 6.45) is 0.911. The van der Waals surface area contributed by atoms with Gasteiger partial charge in [-0.05, 0) is 43.5 Å². The Morgan fingerprint density at radius 1 is 1.31 bits per heavy atom. The molecule has 0 spiro atoms. The Bertz CT molecular complexity index is 374. The third-order valence-corrected chi connectivity index (χ3v) is 2.80. The molecule has 0 aliphatic carbocycles. The van der Waals surface area contributed by atoms with Crippen molar-refractivity contribution in [1.82, 2.24) is 0 Å². The second kappa shape index (κ2) is 5.66. The molecule has 0 aromatic heterocycles. The number of hydrogen-bond acceptors (Lipinski definition) is 2. The van der Waals surface area contributed by atoms with Crippen LogP contribution in [0.25, 0.3) is 0 Å². The predicted octanol–water partition coefficient (Wildman–Crippen LogP) is 2.04. The first kappa shape index (κ1) is 12.7. The monoisotopic (exact) mass is 221 g/mol. The van der Waals surface area contributed by atoms with E-state index in [0.29, 0.717) is 12.8 Å². The van der Waals surface area contributed by atoms with Gasteiger partial charge in [-0.3, -0.25) is 4.79 Å². The first-order valence-electron chi connectivity index (χ1n) is 5.51. The van der Waals surface area contributed by atoms with Crippen LogP contribution in [0.15, 0.2) is 18.2 Å². The van der Waals surface area contributed by atoms with Crippen molar-refractivity contribution in [3.63, 3.8) is 0 Å². The maximum atomic E-state index is 11.7. The smallest absolute Gasteiger partial charge is 0.226 e. The Hall–Kier alpha value is -1.35. The molecule has 0 aliphatic rings. The molecule has 1 rings (SSSR count). The van der Waals surface area contributed by atoms with Crippen LogP contribution in [-0.4, -0.2) is 24.7 Å². The Labute approximate surface area is 96.7 Å². The minimum absolute atomic E-state index is 0.0392. The number of aryl methyl sites for hydroxylation is 2. The Kier molecular flexibility index (Phi) is 4.50. The molecule has 0 bridgehead atoms. The Morgan fingerprint density at radius 3 is 2.56 bits per heavy atom. The second-order valence-electron chi connectivity index (χ2n) is 4.05. The number of aliphatic hydroxyl groups excluding tert-OH is 1. The summed E-state index contributed by atoms with van der Waals surface area (Å²) in [6.45, 7) is 4.14. The molecule has 0 fully saturated rings. The first-order valence-corrected chi connectivity index (χ1v) is 5.51. The number of amides is 1. The van der Waals surface area contributed by atoms with Crippen molar-refractivity contribution in [1.29, 1.82) is 0 Å². The summed E-state index contributed by atoms with van der Waals surface area (Å²) in [5, 5.41) is 8.68. The zero-order valence-electron chi connectivity index (χ0n) is 10.2. The lowest BCUT2D eigenvalue weighted by Gasteiger charge is -2.18. The van der Waals surface area contributed by atoms with Gasteiger partial charge in [-0.25, -0.2) is 0 Å². The molecule has 1 aromatic carbocycles. The van der Waals surface area contributed by atoms with Crippen molar-refractivity contribution < 1.29 is 9.90 Å². The van der Waals surface area contributed by atoms with E-state index in [1.165, 1.54) is 11.1 Å². The van der Waals surface area contributed by atoms with Crippen molar-refractivity contribution in [2.24, 2.45) is 0 Å². The van der Waals surface area contributed by atoms with Gasteiger partial charge >= 0.3 is 0 Å². The van der Waals surface area contributed by atoms with Crippen LogP contribution in [0.5, 0.6) is 0 Å². The van der Waals surface area contributed by atoms with E-state index in [4.69, 9.17) is 5.11 Å². The van der Waals surface area contributed by atoms with Crippen LogP contribution in [0, 0.1) is 13.8 Å². The lowest BCUT2D eigenvalue weighted by atomic mass is 10.1. The molecule has 0 saturated heterocycles. The minimum Gasteiger partial charge on any atom is -0.396 e. The van der Waals surface area contributed by atoms with Crippen LogP contribution in [0.2, 0.25) is 0 Å². The molecule has 1 N–H and O–H groups in total. The van der Waals surface area contributed by atoms with Crippen molar-refractivity contribution in [2.45, 2.75) is 26.7 Å². The van der Waals surface area contributed by atoms with E-state index in [1.54, 1.807) is 11.9 Å². The third kappa shape index (κ3) is 3.07. The first-order chi connectivity index (χ1) is 7.56. The Morgan fingerprint density at radius 2 is 2.00 bits per heavy atom. The van der Waals surface area contributed by atoms with Crippen LogP contribution in [-0.2, 0) is 4.79 Å². The van der Waals surface area contributed by atoms with Gasteiger partial charge in [0.05, 0.1) is 0 Å². The maximum absolute atomic E-state index is 11.7. The number of benzene rings is 1. The number of rotatable bonds is 4. The van der Waals surface area contributed by atoms with Gasteiger partial charge in [0.15, 0.2) is 0 Å². The van der Waals surface area contributed by atoms with Gasteiger partial charge in [0, 0.05) is 25.8 Å². The van der Waals surface area contributed by atoms with Gasteiger partial charge in [-0.15, -0.1) is 0 Å². The summed E-state index contributed by atoms with van der Waals surface area (Å²) in [5.41, 5.74) is 3.31. The summed E-state index contributed by atoms with van der Waals surface area (Å²) in [5.74, 6) is 0.0392. The van der Waals surface area contributed by atoms with Gasteiger partial charge in [0.2, 0.25) is 5.91 Å². The molecule has 0 saturated carbocycles. The zero-order chi connectivity index (χ0) is 12.1. The SMILES string of the molecule is Cc1ccc(N(C)C(=O)CCCO)cc1C. The van der Waals surface area contributed by atoms with Gasteiger partial charge < -0.3 is 10.0 Å². The predicted molar refractivity (Wildman–Crippen MR) is 65.6 cm³/mol. The molecule has 0 aliphatic heterocycles. The fourth-order valence-corrected chi connectivity index (χ4v) is 1.48. The molecular formula is C13H19NO2. The molecule has 16 heavy (non-hydrogen) atoms. The number of carbonyl (C=O) groups excluding carboxylic acids is 1. The highest BCUT2D eigenvalue weighted by Gasteiger charge is 2.10. The average molecular weight is 221 g/mol. The van der Waals surface area contributed by atoms with Crippen LogP contribution < -0.4 is 4.90 Å². The number of hydrogen-bond donors (Lipinski definition) is 1. The topological polar surface area (TPSA) is 40.5 Å². The molecule has 3 nitrogen and oxygen atoms in total. The van der Waals surface area contributed by atoms with E-state index in [-0.39, 0.29) is 12.5 Å². The van der Waals surface area contributed by atoms with E-state index < -0.39 is 0 Å². The van der Waals surface area contributed by atoms with E-state index in [0.717, 1.165) is 5.69 Å². The number of carbonyl (C=O) groups is 1. The summed E-state index contributed by atoms with van der Waals surface area (Å²) in [7, 11) is 1.77. The highest BCUT2D eigenvalue weighted by atomic mass is 16.3. The van der Waals surface area contributed by atoms with Crippen molar-refractivity contribution in [2.75, 3.05) is 18.6 Å². The van der Waals surface area contributed by atoms with E-state index in [1.807, 2.05) is 32.0 Å². The number of anilines is 1. The fraction of sp³-hybridized carbons (Fsp3) is 0.462. The highest BCUT2D eigenvalue weighted by molar-refractivity contribution is 5.92. The third-order valence-electron chi connectivity index (χ3n) is 2.80. The van der Waals surface area contributed by atoms with Gasteiger partial charge in [0.25, 0.3) is 0 Å². The Balaban J connectivity index is 2.75. The zero-order valence-corrected chi connectivity index (χ0v) is 10.2.